The fraction of sp³-hybridized carbons (Fsp3) is 0.400. The zero-order chi connectivity index (χ0) is 14.5. The molecule has 1 heterocycles. The minimum Gasteiger partial charge on any atom is -0.303 e. The fourth-order valence-corrected chi connectivity index (χ4v) is 2.92. The zero-order valence-corrected chi connectivity index (χ0v) is 14.1. The average molecular weight is 357 g/mol. The number of hydrogen-bond donors (Lipinski definition) is 1. The van der Waals surface area contributed by atoms with E-state index in [0.717, 1.165) is 29.0 Å². The van der Waals surface area contributed by atoms with E-state index in [0.29, 0.717) is 5.88 Å². The average Bonchev–Trinajstić information content (AvgIpc) is 2.76. The number of aromatic nitrogens is 2. The van der Waals surface area contributed by atoms with Crippen LogP contribution in [0.2, 0.25) is 0 Å². The van der Waals surface area contributed by atoms with Crippen molar-refractivity contribution in [3.8, 4) is 0 Å². The van der Waals surface area contributed by atoms with E-state index in [4.69, 9.17) is 11.6 Å². The number of rotatable bonds is 6. The van der Waals surface area contributed by atoms with Gasteiger partial charge < -0.3 is 5.32 Å². The maximum Gasteiger partial charge on any atom is 0.0739 e. The molecule has 1 aromatic carbocycles. The van der Waals surface area contributed by atoms with Crippen molar-refractivity contribution in [1.82, 2.24) is 15.1 Å². The molecule has 0 saturated carbocycles. The van der Waals surface area contributed by atoms with E-state index >= 15 is 0 Å². The van der Waals surface area contributed by atoms with Gasteiger partial charge in [0.2, 0.25) is 0 Å². The molecule has 0 spiro atoms. The molecular formula is C15H19BrClN3. The van der Waals surface area contributed by atoms with Crippen LogP contribution in [0.5, 0.6) is 0 Å². The van der Waals surface area contributed by atoms with Crippen molar-refractivity contribution in [1.29, 1.82) is 0 Å². The lowest BCUT2D eigenvalue weighted by Crippen LogP contribution is -2.24. The first-order chi connectivity index (χ1) is 9.67. The van der Waals surface area contributed by atoms with Crippen LogP contribution in [0.25, 0.3) is 0 Å². The van der Waals surface area contributed by atoms with Gasteiger partial charge in [-0.25, -0.2) is 0 Å². The van der Waals surface area contributed by atoms with Gasteiger partial charge in [0.1, 0.15) is 0 Å². The van der Waals surface area contributed by atoms with E-state index in [1.54, 1.807) is 0 Å². The van der Waals surface area contributed by atoms with Crippen LogP contribution in [0.15, 0.2) is 34.8 Å². The summed E-state index contributed by atoms with van der Waals surface area (Å²) in [7, 11) is 0. The lowest BCUT2D eigenvalue weighted by atomic mass is 10.1. The van der Waals surface area contributed by atoms with Gasteiger partial charge in [-0.05, 0) is 35.3 Å². The number of halogens is 2. The maximum absolute atomic E-state index is 6.09. The Kier molecular flexibility index (Phi) is 5.64. The highest BCUT2D eigenvalue weighted by Gasteiger charge is 2.15. The molecule has 0 aliphatic rings. The summed E-state index contributed by atoms with van der Waals surface area (Å²) in [6.07, 6.45) is 0. The standard InChI is InChI=1S/C15H19BrClN3/c1-3-20-14(15(16)11(2)19-20)10-18-13(9-17)12-7-5-4-6-8-12/h4-8,13,18H,3,9-10H2,1-2H3. The highest BCUT2D eigenvalue weighted by Crippen LogP contribution is 2.22. The minimum absolute atomic E-state index is 0.144. The Morgan fingerprint density at radius 3 is 2.65 bits per heavy atom. The van der Waals surface area contributed by atoms with E-state index in [2.05, 4.69) is 45.4 Å². The second-order valence-electron chi connectivity index (χ2n) is 4.66. The van der Waals surface area contributed by atoms with Gasteiger partial charge in [-0.2, -0.15) is 5.10 Å². The van der Waals surface area contributed by atoms with Crippen LogP contribution in [0.3, 0.4) is 0 Å². The predicted molar refractivity (Wildman–Crippen MR) is 87.1 cm³/mol. The molecule has 1 unspecified atom stereocenters. The predicted octanol–water partition coefficient (Wildman–Crippen LogP) is 4.04. The molecule has 0 aliphatic carbocycles. The Morgan fingerprint density at radius 2 is 2.05 bits per heavy atom. The van der Waals surface area contributed by atoms with Gasteiger partial charge in [0.25, 0.3) is 0 Å². The van der Waals surface area contributed by atoms with Crippen LogP contribution < -0.4 is 5.32 Å². The lowest BCUT2D eigenvalue weighted by molar-refractivity contribution is 0.532. The first-order valence-corrected chi connectivity index (χ1v) is 8.06. The van der Waals surface area contributed by atoms with Crippen molar-refractivity contribution in [3.05, 3.63) is 51.8 Å². The fourth-order valence-electron chi connectivity index (χ4n) is 2.20. The largest absolute Gasteiger partial charge is 0.303 e. The van der Waals surface area contributed by atoms with Gasteiger partial charge in [-0.1, -0.05) is 30.3 Å². The van der Waals surface area contributed by atoms with Gasteiger partial charge >= 0.3 is 0 Å². The Morgan fingerprint density at radius 1 is 1.35 bits per heavy atom. The number of nitrogens with one attached hydrogen (secondary N) is 1. The smallest absolute Gasteiger partial charge is 0.0739 e. The van der Waals surface area contributed by atoms with Gasteiger partial charge in [0.15, 0.2) is 0 Å². The highest BCUT2D eigenvalue weighted by atomic mass is 79.9. The molecule has 1 atom stereocenters. The second-order valence-corrected chi connectivity index (χ2v) is 5.76. The summed E-state index contributed by atoms with van der Waals surface area (Å²) in [5.41, 5.74) is 3.39. The van der Waals surface area contributed by atoms with Gasteiger partial charge in [-0.3, -0.25) is 4.68 Å². The lowest BCUT2D eigenvalue weighted by Gasteiger charge is -2.17. The Hall–Kier alpha value is -0.840. The molecule has 3 nitrogen and oxygen atoms in total. The van der Waals surface area contributed by atoms with Crippen molar-refractivity contribution >= 4 is 27.5 Å². The Bertz CT molecular complexity index is 554. The third kappa shape index (κ3) is 3.43. The van der Waals surface area contributed by atoms with Crippen LogP contribution in [0.1, 0.15) is 29.9 Å². The molecule has 2 aromatic rings. The summed E-state index contributed by atoms with van der Waals surface area (Å²) < 4.78 is 3.09. The molecule has 20 heavy (non-hydrogen) atoms. The molecule has 108 valence electrons. The van der Waals surface area contributed by atoms with Gasteiger partial charge in [-0.15, -0.1) is 11.6 Å². The minimum atomic E-state index is 0.144. The summed E-state index contributed by atoms with van der Waals surface area (Å²) in [6.45, 7) is 5.70. The normalized spacial score (nSPS) is 12.6. The summed E-state index contributed by atoms with van der Waals surface area (Å²) in [4.78, 5) is 0. The van der Waals surface area contributed by atoms with Crippen LogP contribution >= 0.6 is 27.5 Å². The van der Waals surface area contributed by atoms with Crippen molar-refractivity contribution in [2.75, 3.05) is 5.88 Å². The molecule has 0 aliphatic heterocycles. The third-order valence-electron chi connectivity index (χ3n) is 3.32. The Labute approximate surface area is 133 Å². The number of alkyl halides is 1. The first-order valence-electron chi connectivity index (χ1n) is 6.73. The quantitative estimate of drug-likeness (QED) is 0.792. The summed E-state index contributed by atoms with van der Waals surface area (Å²) in [5.74, 6) is 0.543. The van der Waals surface area contributed by atoms with Crippen molar-refractivity contribution in [3.63, 3.8) is 0 Å². The molecule has 0 amide bonds. The molecule has 0 bridgehead atoms. The van der Waals surface area contributed by atoms with Gasteiger partial charge in [0, 0.05) is 25.0 Å². The molecule has 2 rings (SSSR count). The Balaban J connectivity index is 2.11. The van der Waals surface area contributed by atoms with Gasteiger partial charge in [0.05, 0.1) is 15.9 Å². The van der Waals surface area contributed by atoms with Crippen LogP contribution in [-0.2, 0) is 13.1 Å². The maximum atomic E-state index is 6.09. The highest BCUT2D eigenvalue weighted by molar-refractivity contribution is 9.10. The number of benzene rings is 1. The molecule has 0 radical (unpaired) electrons. The van der Waals surface area contributed by atoms with Crippen molar-refractivity contribution in [2.45, 2.75) is 33.0 Å². The molecule has 0 fully saturated rings. The van der Waals surface area contributed by atoms with Crippen LogP contribution in [0, 0.1) is 6.92 Å². The summed E-state index contributed by atoms with van der Waals surface area (Å²) in [5, 5.41) is 8.01. The van der Waals surface area contributed by atoms with E-state index < -0.39 is 0 Å². The van der Waals surface area contributed by atoms with E-state index in [1.165, 1.54) is 5.56 Å². The summed E-state index contributed by atoms with van der Waals surface area (Å²) in [6, 6.07) is 10.4. The van der Waals surface area contributed by atoms with E-state index in [-0.39, 0.29) is 6.04 Å². The number of hydrogen-bond acceptors (Lipinski definition) is 2. The molecular weight excluding hydrogens is 338 g/mol. The molecule has 1 aromatic heterocycles. The zero-order valence-electron chi connectivity index (χ0n) is 11.7. The number of aryl methyl sites for hydroxylation is 2. The topological polar surface area (TPSA) is 29.9 Å². The van der Waals surface area contributed by atoms with Crippen molar-refractivity contribution < 1.29 is 0 Å². The number of nitrogens with zero attached hydrogens (tertiary/aromatic N) is 2. The van der Waals surface area contributed by atoms with E-state index in [9.17, 15) is 0 Å². The molecule has 1 N–H and O–H groups in total. The summed E-state index contributed by atoms with van der Waals surface area (Å²) >= 11 is 9.70. The monoisotopic (exact) mass is 355 g/mol. The van der Waals surface area contributed by atoms with Crippen molar-refractivity contribution in [2.24, 2.45) is 0 Å². The molecule has 0 saturated heterocycles. The third-order valence-corrected chi connectivity index (χ3v) is 4.67. The molecule has 5 heteroatoms. The van der Waals surface area contributed by atoms with Crippen LogP contribution in [0.4, 0.5) is 0 Å². The SMILES string of the molecule is CCn1nc(C)c(Br)c1CNC(CCl)c1ccccc1. The van der Waals surface area contributed by atoms with Crippen LogP contribution in [-0.4, -0.2) is 15.7 Å². The second kappa shape index (κ2) is 7.25. The first kappa shape index (κ1) is 15.5. The van der Waals surface area contributed by atoms with E-state index in [1.807, 2.05) is 29.8 Å².